The number of phenols is 1. The van der Waals surface area contributed by atoms with E-state index >= 15 is 0 Å². The molecule has 1 atom stereocenters. The molecule has 4 heteroatoms. The summed E-state index contributed by atoms with van der Waals surface area (Å²) in [5.74, 6) is 4.81. The van der Waals surface area contributed by atoms with Gasteiger partial charge in [-0.15, -0.1) is 6.58 Å². The number of aliphatic hydroxyl groups is 2. The fourth-order valence-electron chi connectivity index (χ4n) is 1.69. The molecule has 0 fully saturated rings. The third-order valence-electron chi connectivity index (χ3n) is 2.76. The van der Waals surface area contributed by atoms with Gasteiger partial charge in [-0.25, -0.2) is 0 Å². The zero-order chi connectivity index (χ0) is 15.0. The highest BCUT2D eigenvalue weighted by Gasteiger charge is 2.11. The summed E-state index contributed by atoms with van der Waals surface area (Å²) in [6.45, 7) is 3.28. The van der Waals surface area contributed by atoms with Gasteiger partial charge < -0.3 is 15.3 Å². The van der Waals surface area contributed by atoms with Gasteiger partial charge >= 0.3 is 0 Å². The lowest BCUT2D eigenvalue weighted by Gasteiger charge is -2.06. The molecule has 1 aromatic carbocycles. The lowest BCUT2D eigenvalue weighted by Crippen LogP contribution is -2.10. The number of hydrogen-bond acceptors (Lipinski definition) is 4. The summed E-state index contributed by atoms with van der Waals surface area (Å²) in [5, 5.41) is 27.5. The number of Topliss-reactive ketones (excluding diaryl/α,β-unsaturated/α-hetero) is 1. The van der Waals surface area contributed by atoms with Crippen LogP contribution in [-0.4, -0.2) is 33.8 Å². The first-order valence-electron chi connectivity index (χ1n) is 6.34. The van der Waals surface area contributed by atoms with Crippen LogP contribution in [-0.2, 0) is 6.42 Å². The molecule has 0 spiro atoms. The smallest absolute Gasteiger partial charge is 0.236 e. The van der Waals surface area contributed by atoms with Crippen LogP contribution in [0.2, 0.25) is 0 Å². The second kappa shape index (κ2) is 8.16. The van der Waals surface area contributed by atoms with E-state index in [1.807, 2.05) is 0 Å². The minimum atomic E-state index is -0.809. The van der Waals surface area contributed by atoms with Crippen LogP contribution in [0.5, 0.6) is 5.75 Å². The van der Waals surface area contributed by atoms with Gasteiger partial charge in [-0.1, -0.05) is 18.1 Å². The Labute approximate surface area is 118 Å². The van der Waals surface area contributed by atoms with Crippen molar-refractivity contribution in [3.63, 3.8) is 0 Å². The average Bonchev–Trinajstić information content (AvgIpc) is 2.45. The number of allylic oxidation sites excluding steroid dienone is 1. The highest BCUT2D eigenvalue weighted by molar-refractivity contribution is 6.10. The molecule has 3 N–H and O–H groups in total. The van der Waals surface area contributed by atoms with Crippen LogP contribution in [0.3, 0.4) is 0 Å². The number of ketones is 1. The van der Waals surface area contributed by atoms with Gasteiger partial charge in [0.25, 0.3) is 0 Å². The van der Waals surface area contributed by atoms with E-state index in [9.17, 15) is 9.90 Å². The van der Waals surface area contributed by atoms with Crippen LogP contribution >= 0.6 is 0 Å². The van der Waals surface area contributed by atoms with Crippen molar-refractivity contribution in [1.29, 1.82) is 0 Å². The van der Waals surface area contributed by atoms with E-state index < -0.39 is 6.10 Å². The van der Waals surface area contributed by atoms with Gasteiger partial charge in [0.15, 0.2) is 0 Å². The number of carbonyl (C=O) groups excluding carboxylic acids is 1. The monoisotopic (exact) mass is 274 g/mol. The van der Waals surface area contributed by atoms with E-state index in [4.69, 9.17) is 10.2 Å². The molecular weight excluding hydrogens is 256 g/mol. The predicted molar refractivity (Wildman–Crippen MR) is 76.4 cm³/mol. The van der Waals surface area contributed by atoms with Crippen LogP contribution < -0.4 is 0 Å². The zero-order valence-electron chi connectivity index (χ0n) is 11.2. The molecule has 0 saturated heterocycles. The molecule has 0 unspecified atom stereocenters. The molecule has 4 nitrogen and oxygen atoms in total. The van der Waals surface area contributed by atoms with Gasteiger partial charge in [-0.05, 0) is 30.9 Å². The first-order chi connectivity index (χ1) is 9.60. The number of hydrogen-bond donors (Lipinski definition) is 3. The van der Waals surface area contributed by atoms with Crippen molar-refractivity contribution < 1.29 is 20.1 Å². The third kappa shape index (κ3) is 4.54. The number of aromatic hydroxyl groups is 1. The van der Waals surface area contributed by atoms with Gasteiger partial charge in [0.1, 0.15) is 5.75 Å². The van der Waals surface area contributed by atoms with Crippen molar-refractivity contribution in [3.05, 3.63) is 42.0 Å². The molecule has 20 heavy (non-hydrogen) atoms. The summed E-state index contributed by atoms with van der Waals surface area (Å²) in [7, 11) is 0. The second-order valence-electron chi connectivity index (χ2n) is 4.30. The van der Waals surface area contributed by atoms with Gasteiger partial charge in [0.2, 0.25) is 5.78 Å². The average molecular weight is 274 g/mol. The maximum atomic E-state index is 12.0. The van der Waals surface area contributed by atoms with Crippen LogP contribution in [0.15, 0.2) is 30.9 Å². The number of benzene rings is 1. The van der Waals surface area contributed by atoms with Gasteiger partial charge in [0.05, 0.1) is 12.7 Å². The van der Waals surface area contributed by atoms with Crippen molar-refractivity contribution in [1.82, 2.24) is 0 Å². The first kappa shape index (κ1) is 16.0. The van der Waals surface area contributed by atoms with E-state index in [0.717, 1.165) is 0 Å². The van der Waals surface area contributed by atoms with Crippen molar-refractivity contribution in [3.8, 4) is 17.6 Å². The van der Waals surface area contributed by atoms with Crippen molar-refractivity contribution in [2.45, 2.75) is 25.4 Å². The number of aliphatic hydroxyl groups excluding tert-OH is 2. The minimum absolute atomic E-state index is 0.0493. The van der Waals surface area contributed by atoms with Gasteiger partial charge in [-0.2, -0.15) is 0 Å². The summed E-state index contributed by atoms with van der Waals surface area (Å²) < 4.78 is 0. The van der Waals surface area contributed by atoms with Crippen molar-refractivity contribution >= 4 is 5.78 Å². The molecule has 1 aromatic rings. The first-order valence-corrected chi connectivity index (χ1v) is 6.34. The molecule has 0 aromatic heterocycles. The van der Waals surface area contributed by atoms with Crippen LogP contribution in [0.25, 0.3) is 0 Å². The van der Waals surface area contributed by atoms with Crippen LogP contribution in [0.4, 0.5) is 0 Å². The molecule has 0 aliphatic rings. The van der Waals surface area contributed by atoms with Crippen LogP contribution in [0, 0.1) is 11.8 Å². The predicted octanol–water partition coefficient (Wildman–Crippen LogP) is 1.44. The second-order valence-corrected chi connectivity index (χ2v) is 4.30. The Morgan fingerprint density at radius 2 is 2.20 bits per heavy atom. The maximum absolute atomic E-state index is 12.0. The quantitative estimate of drug-likeness (QED) is 0.317. The highest BCUT2D eigenvalue weighted by Crippen LogP contribution is 2.22. The van der Waals surface area contributed by atoms with E-state index in [-0.39, 0.29) is 18.1 Å². The summed E-state index contributed by atoms with van der Waals surface area (Å²) in [6, 6.07) is 4.71. The zero-order valence-corrected chi connectivity index (χ0v) is 11.2. The van der Waals surface area contributed by atoms with E-state index in [2.05, 4.69) is 18.4 Å². The van der Waals surface area contributed by atoms with Crippen molar-refractivity contribution in [2.24, 2.45) is 0 Å². The number of carbonyl (C=O) groups is 1. The maximum Gasteiger partial charge on any atom is 0.236 e. The van der Waals surface area contributed by atoms with E-state index in [1.165, 1.54) is 6.07 Å². The summed E-state index contributed by atoms with van der Waals surface area (Å²) >= 11 is 0. The SMILES string of the molecule is C=CCc1c(O)cccc1C(=O)C#CCC[C@@H](O)CO. The summed E-state index contributed by atoms with van der Waals surface area (Å²) in [6.07, 6.45) is 1.83. The Kier molecular flexibility index (Phi) is 6.51. The molecule has 1 rings (SSSR count). The van der Waals surface area contributed by atoms with Crippen molar-refractivity contribution in [2.75, 3.05) is 6.61 Å². The summed E-state index contributed by atoms with van der Waals surface area (Å²) in [5.41, 5.74) is 0.872. The third-order valence-corrected chi connectivity index (χ3v) is 2.76. The Balaban J connectivity index is 2.80. The Morgan fingerprint density at radius 3 is 2.85 bits per heavy atom. The molecule has 0 bridgehead atoms. The molecule has 0 aliphatic heterocycles. The van der Waals surface area contributed by atoms with E-state index in [1.54, 1.807) is 18.2 Å². The topological polar surface area (TPSA) is 77.8 Å². The molecule has 0 amide bonds. The lowest BCUT2D eigenvalue weighted by atomic mass is 10.00. The molecular formula is C16H18O4. The fourth-order valence-corrected chi connectivity index (χ4v) is 1.69. The standard InChI is InChI=1S/C16H18O4/c1-2-6-13-14(8-5-10-16(13)20)15(19)9-4-3-7-12(18)11-17/h2,5,8,10,12,17-18,20H,1,3,6-7,11H2/t12-/m1/s1. The number of rotatable bonds is 6. The Bertz CT molecular complexity index is 537. The minimum Gasteiger partial charge on any atom is -0.508 e. The fraction of sp³-hybridized carbons (Fsp3) is 0.312. The Morgan fingerprint density at radius 1 is 1.45 bits per heavy atom. The van der Waals surface area contributed by atoms with Crippen LogP contribution in [0.1, 0.15) is 28.8 Å². The lowest BCUT2D eigenvalue weighted by molar-refractivity contribution is 0.0895. The Hall–Kier alpha value is -2.09. The largest absolute Gasteiger partial charge is 0.508 e. The molecule has 0 heterocycles. The highest BCUT2D eigenvalue weighted by atomic mass is 16.3. The normalized spacial score (nSPS) is 11.3. The molecule has 0 saturated carbocycles. The summed E-state index contributed by atoms with van der Waals surface area (Å²) in [4.78, 5) is 12.0. The van der Waals surface area contributed by atoms with Gasteiger partial charge in [0, 0.05) is 17.5 Å². The van der Waals surface area contributed by atoms with Gasteiger partial charge in [-0.3, -0.25) is 4.79 Å². The van der Waals surface area contributed by atoms with E-state index in [0.29, 0.717) is 30.4 Å². The molecule has 0 aliphatic carbocycles. The number of phenolic OH excluding ortho intramolecular Hbond substituents is 1. The molecule has 0 radical (unpaired) electrons. The molecule has 106 valence electrons.